The lowest BCUT2D eigenvalue weighted by Crippen LogP contribution is -1.96. The van der Waals surface area contributed by atoms with Crippen molar-refractivity contribution in [2.75, 3.05) is 6.61 Å². The van der Waals surface area contributed by atoms with Crippen LogP contribution in [0.25, 0.3) is 0 Å². The number of benzene rings is 1. The Morgan fingerprint density at radius 2 is 0.926 bits per heavy atom. The minimum atomic E-state index is 0.292. The van der Waals surface area contributed by atoms with Gasteiger partial charge in [-0.2, -0.15) is 0 Å². The molecule has 0 fully saturated rings. The minimum Gasteiger partial charge on any atom is -0.508 e. The van der Waals surface area contributed by atoms with Crippen LogP contribution in [-0.4, -0.2) is 11.7 Å². The first-order valence-corrected chi connectivity index (χ1v) is 11.7. The van der Waals surface area contributed by atoms with Crippen molar-refractivity contribution in [3.63, 3.8) is 0 Å². The molecule has 0 aliphatic heterocycles. The van der Waals surface area contributed by atoms with E-state index >= 15 is 0 Å². The Labute approximate surface area is 168 Å². The maximum atomic E-state index is 9.23. The highest BCUT2D eigenvalue weighted by molar-refractivity contribution is 5.29. The molecule has 0 heterocycles. The van der Waals surface area contributed by atoms with E-state index in [1.54, 1.807) is 12.1 Å². The minimum absolute atomic E-state index is 0.292. The number of hydrogen-bond acceptors (Lipinski definition) is 2. The van der Waals surface area contributed by atoms with E-state index in [2.05, 4.69) is 6.92 Å². The van der Waals surface area contributed by atoms with E-state index in [0.29, 0.717) is 5.75 Å². The van der Waals surface area contributed by atoms with Crippen LogP contribution in [0.15, 0.2) is 24.3 Å². The molecule has 0 spiro atoms. The average Bonchev–Trinajstić information content (AvgIpc) is 2.68. The normalized spacial score (nSPS) is 11.0. The summed E-state index contributed by atoms with van der Waals surface area (Å²) in [6.07, 6.45) is 23.7. The first-order chi connectivity index (χ1) is 13.3. The number of rotatable bonds is 19. The zero-order valence-electron chi connectivity index (χ0n) is 17.9. The zero-order valence-corrected chi connectivity index (χ0v) is 17.9. The smallest absolute Gasteiger partial charge is 0.119 e. The van der Waals surface area contributed by atoms with E-state index in [1.807, 2.05) is 12.1 Å². The molecule has 1 aromatic carbocycles. The van der Waals surface area contributed by atoms with Gasteiger partial charge in [0.25, 0.3) is 0 Å². The second-order valence-corrected chi connectivity index (χ2v) is 8.00. The second kappa shape index (κ2) is 18.2. The Balaban J connectivity index is 1.71. The molecule has 2 heteroatoms. The van der Waals surface area contributed by atoms with Crippen LogP contribution in [-0.2, 0) is 0 Å². The van der Waals surface area contributed by atoms with Gasteiger partial charge in [0.15, 0.2) is 0 Å². The lowest BCUT2D eigenvalue weighted by atomic mass is 10.0. The summed E-state index contributed by atoms with van der Waals surface area (Å²) < 4.78 is 5.67. The first kappa shape index (κ1) is 23.9. The molecule has 0 aromatic heterocycles. The summed E-state index contributed by atoms with van der Waals surface area (Å²) in [5.74, 6) is 1.14. The van der Waals surface area contributed by atoms with Crippen LogP contribution < -0.4 is 4.74 Å². The summed E-state index contributed by atoms with van der Waals surface area (Å²) in [6.45, 7) is 3.07. The number of phenolic OH excluding ortho intramolecular Hbond substituents is 1. The Bertz CT molecular complexity index is 413. The first-order valence-electron chi connectivity index (χ1n) is 11.7. The summed E-state index contributed by atoms with van der Waals surface area (Å²) in [6, 6.07) is 6.99. The Morgan fingerprint density at radius 3 is 1.33 bits per heavy atom. The lowest BCUT2D eigenvalue weighted by molar-refractivity contribution is 0.303. The quantitative estimate of drug-likeness (QED) is 0.245. The summed E-state index contributed by atoms with van der Waals surface area (Å²) >= 11 is 0. The predicted octanol–water partition coefficient (Wildman–Crippen LogP) is 8.42. The van der Waals surface area contributed by atoms with Crippen molar-refractivity contribution in [3.05, 3.63) is 24.3 Å². The largest absolute Gasteiger partial charge is 0.508 e. The van der Waals surface area contributed by atoms with Gasteiger partial charge in [-0.15, -0.1) is 0 Å². The van der Waals surface area contributed by atoms with Crippen LogP contribution in [0, 0.1) is 0 Å². The Hall–Kier alpha value is -1.18. The van der Waals surface area contributed by atoms with E-state index in [9.17, 15) is 5.11 Å². The van der Waals surface area contributed by atoms with Crippen LogP contribution in [0.2, 0.25) is 0 Å². The second-order valence-electron chi connectivity index (χ2n) is 8.00. The highest BCUT2D eigenvalue weighted by Crippen LogP contribution is 2.17. The summed E-state index contributed by atoms with van der Waals surface area (Å²) in [5, 5.41) is 9.23. The number of hydrogen-bond donors (Lipinski definition) is 1. The number of phenols is 1. The molecule has 0 atom stereocenters. The highest BCUT2D eigenvalue weighted by atomic mass is 16.5. The Morgan fingerprint density at radius 1 is 0.556 bits per heavy atom. The summed E-state index contributed by atoms with van der Waals surface area (Å²) in [4.78, 5) is 0. The van der Waals surface area contributed by atoms with E-state index in [0.717, 1.165) is 18.8 Å². The number of ether oxygens (including phenoxy) is 1. The SMILES string of the molecule is CCCCCCCCCCCCCCCCCCCOc1ccc(O)cc1. The molecule has 27 heavy (non-hydrogen) atoms. The maximum Gasteiger partial charge on any atom is 0.119 e. The molecule has 156 valence electrons. The molecule has 1 rings (SSSR count). The highest BCUT2D eigenvalue weighted by Gasteiger charge is 1.96. The van der Waals surface area contributed by atoms with E-state index in [-0.39, 0.29) is 0 Å². The molecule has 1 N–H and O–H groups in total. The molecule has 0 unspecified atom stereocenters. The van der Waals surface area contributed by atoms with E-state index in [4.69, 9.17) is 4.74 Å². The van der Waals surface area contributed by atoms with Crippen molar-refractivity contribution in [2.45, 2.75) is 116 Å². The summed E-state index contributed by atoms with van der Waals surface area (Å²) in [5.41, 5.74) is 0. The van der Waals surface area contributed by atoms with Gasteiger partial charge >= 0.3 is 0 Å². The van der Waals surface area contributed by atoms with Gasteiger partial charge in [-0.3, -0.25) is 0 Å². The number of unbranched alkanes of at least 4 members (excludes halogenated alkanes) is 16. The van der Waals surface area contributed by atoms with Crippen molar-refractivity contribution in [1.29, 1.82) is 0 Å². The van der Waals surface area contributed by atoms with E-state index in [1.165, 1.54) is 103 Å². The van der Waals surface area contributed by atoms with Gasteiger partial charge in [0, 0.05) is 0 Å². The van der Waals surface area contributed by atoms with Crippen molar-refractivity contribution in [2.24, 2.45) is 0 Å². The van der Waals surface area contributed by atoms with Gasteiger partial charge in [-0.1, -0.05) is 110 Å². The zero-order chi connectivity index (χ0) is 19.4. The molecular weight excluding hydrogens is 332 g/mol. The molecule has 2 nitrogen and oxygen atoms in total. The molecule has 0 aliphatic carbocycles. The molecule has 0 radical (unpaired) electrons. The molecular formula is C25H44O2. The van der Waals surface area contributed by atoms with Crippen LogP contribution in [0.1, 0.15) is 116 Å². The summed E-state index contributed by atoms with van der Waals surface area (Å²) in [7, 11) is 0. The maximum absolute atomic E-state index is 9.23. The van der Waals surface area contributed by atoms with Gasteiger partial charge in [0.05, 0.1) is 6.61 Å². The van der Waals surface area contributed by atoms with Crippen LogP contribution in [0.3, 0.4) is 0 Å². The van der Waals surface area contributed by atoms with E-state index < -0.39 is 0 Å². The van der Waals surface area contributed by atoms with Gasteiger partial charge in [0.1, 0.15) is 11.5 Å². The fourth-order valence-corrected chi connectivity index (χ4v) is 3.56. The standard InChI is InChI=1S/C25H44O2/c1-2-3-4-5-6-7-8-9-10-11-12-13-14-15-16-17-18-23-27-25-21-19-24(26)20-22-25/h19-22,26H,2-18,23H2,1H3. The molecule has 1 aromatic rings. The van der Waals surface area contributed by atoms with Gasteiger partial charge in [-0.05, 0) is 30.7 Å². The fraction of sp³-hybridized carbons (Fsp3) is 0.760. The third-order valence-corrected chi connectivity index (χ3v) is 5.35. The monoisotopic (exact) mass is 376 g/mol. The van der Waals surface area contributed by atoms with Gasteiger partial charge < -0.3 is 9.84 Å². The number of aromatic hydroxyl groups is 1. The molecule has 0 amide bonds. The van der Waals surface area contributed by atoms with Crippen molar-refractivity contribution in [1.82, 2.24) is 0 Å². The van der Waals surface area contributed by atoms with Crippen LogP contribution in [0.5, 0.6) is 11.5 Å². The predicted molar refractivity (Wildman–Crippen MR) is 118 cm³/mol. The molecule has 0 aliphatic rings. The third-order valence-electron chi connectivity index (χ3n) is 5.35. The lowest BCUT2D eigenvalue weighted by Gasteiger charge is -2.06. The molecule has 0 saturated carbocycles. The fourth-order valence-electron chi connectivity index (χ4n) is 3.56. The van der Waals surface area contributed by atoms with Crippen molar-refractivity contribution >= 4 is 0 Å². The topological polar surface area (TPSA) is 29.5 Å². The Kier molecular flexibility index (Phi) is 16.1. The van der Waals surface area contributed by atoms with Crippen LogP contribution in [0.4, 0.5) is 0 Å². The van der Waals surface area contributed by atoms with Gasteiger partial charge in [-0.25, -0.2) is 0 Å². The van der Waals surface area contributed by atoms with Crippen LogP contribution >= 0.6 is 0 Å². The van der Waals surface area contributed by atoms with Crippen molar-refractivity contribution in [3.8, 4) is 11.5 Å². The van der Waals surface area contributed by atoms with Gasteiger partial charge in [0.2, 0.25) is 0 Å². The average molecular weight is 377 g/mol. The third kappa shape index (κ3) is 15.6. The molecule has 0 bridgehead atoms. The molecule has 0 saturated heterocycles. The van der Waals surface area contributed by atoms with Crippen molar-refractivity contribution < 1.29 is 9.84 Å².